The predicted octanol–water partition coefficient (Wildman–Crippen LogP) is 2.60. The Morgan fingerprint density at radius 2 is 1.91 bits per heavy atom. The lowest BCUT2D eigenvalue weighted by Gasteiger charge is -2.32. The van der Waals surface area contributed by atoms with Crippen molar-refractivity contribution in [3.05, 3.63) is 35.9 Å². The molecule has 118 valence electrons. The molecule has 5 heteroatoms. The molecule has 1 unspecified atom stereocenters. The largest absolute Gasteiger partial charge is 0.469 e. The highest BCUT2D eigenvalue weighted by Gasteiger charge is 2.59. The van der Waals surface area contributed by atoms with Crippen molar-refractivity contribution in [3.63, 3.8) is 0 Å². The Kier molecular flexibility index (Phi) is 4.05. The number of esters is 1. The van der Waals surface area contributed by atoms with Crippen LogP contribution in [0.15, 0.2) is 30.3 Å². The maximum Gasteiger partial charge on any atom is 0.410 e. The minimum absolute atomic E-state index is 0.0278. The van der Waals surface area contributed by atoms with Gasteiger partial charge in [0.25, 0.3) is 0 Å². The molecule has 1 aromatic rings. The molecule has 1 saturated heterocycles. The molecule has 1 heterocycles. The molecule has 2 fully saturated rings. The molecule has 1 aliphatic heterocycles. The number of carbonyl (C=O) groups is 2. The number of benzene rings is 1. The molecular formula is C17H21NO4. The van der Waals surface area contributed by atoms with Gasteiger partial charge in [0.15, 0.2) is 0 Å². The van der Waals surface area contributed by atoms with E-state index in [1.165, 1.54) is 7.11 Å². The summed E-state index contributed by atoms with van der Waals surface area (Å²) in [5.74, 6) is -0.0832. The zero-order valence-electron chi connectivity index (χ0n) is 12.8. The second-order valence-corrected chi connectivity index (χ2v) is 6.17. The van der Waals surface area contributed by atoms with Gasteiger partial charge in [0.05, 0.1) is 13.0 Å². The van der Waals surface area contributed by atoms with Crippen LogP contribution in [-0.4, -0.2) is 37.2 Å². The average molecular weight is 303 g/mol. The number of hydrogen-bond donors (Lipinski definition) is 0. The van der Waals surface area contributed by atoms with E-state index in [1.807, 2.05) is 30.3 Å². The first-order valence-corrected chi connectivity index (χ1v) is 7.68. The normalized spacial score (nSPS) is 22.2. The van der Waals surface area contributed by atoms with E-state index in [9.17, 15) is 9.59 Å². The number of likely N-dealkylation sites (tertiary alicyclic amines) is 1. The summed E-state index contributed by atoms with van der Waals surface area (Å²) in [5, 5.41) is 0. The molecule has 22 heavy (non-hydrogen) atoms. The maximum absolute atomic E-state index is 12.1. The number of rotatable bonds is 3. The number of nitrogens with zero attached hydrogens (tertiary/aromatic N) is 1. The van der Waals surface area contributed by atoms with E-state index in [0.717, 1.165) is 24.8 Å². The van der Waals surface area contributed by atoms with Gasteiger partial charge in [0.2, 0.25) is 0 Å². The zero-order valence-corrected chi connectivity index (χ0v) is 12.8. The Hall–Kier alpha value is -2.04. The summed E-state index contributed by atoms with van der Waals surface area (Å²) in [7, 11) is 1.43. The number of piperidine rings is 1. The Morgan fingerprint density at radius 1 is 1.23 bits per heavy atom. The van der Waals surface area contributed by atoms with Crippen molar-refractivity contribution in [1.29, 1.82) is 0 Å². The summed E-state index contributed by atoms with van der Waals surface area (Å²) in [5.41, 5.74) is 1.06. The molecule has 1 aromatic carbocycles. The number of ether oxygens (including phenoxy) is 2. The van der Waals surface area contributed by atoms with Crippen molar-refractivity contribution in [2.24, 2.45) is 11.3 Å². The van der Waals surface area contributed by atoms with Crippen molar-refractivity contribution in [3.8, 4) is 0 Å². The van der Waals surface area contributed by atoms with Crippen LogP contribution in [0.1, 0.15) is 24.8 Å². The average Bonchev–Trinajstić information content (AvgIpc) is 3.27. The van der Waals surface area contributed by atoms with Crippen LogP contribution in [-0.2, 0) is 20.9 Å². The van der Waals surface area contributed by atoms with Crippen LogP contribution in [0.25, 0.3) is 0 Å². The van der Waals surface area contributed by atoms with E-state index >= 15 is 0 Å². The number of methoxy groups -OCH3 is 1. The van der Waals surface area contributed by atoms with E-state index in [4.69, 9.17) is 9.47 Å². The van der Waals surface area contributed by atoms with E-state index in [2.05, 4.69) is 0 Å². The lowest BCUT2D eigenvalue weighted by molar-refractivity contribution is -0.143. The molecular weight excluding hydrogens is 282 g/mol. The molecule has 3 rings (SSSR count). The van der Waals surface area contributed by atoms with Crippen LogP contribution >= 0.6 is 0 Å². The van der Waals surface area contributed by atoms with E-state index < -0.39 is 0 Å². The summed E-state index contributed by atoms with van der Waals surface area (Å²) in [6.07, 6.45) is 2.33. The minimum Gasteiger partial charge on any atom is -0.469 e. The molecule has 5 nitrogen and oxygen atoms in total. The monoisotopic (exact) mass is 303 g/mol. The van der Waals surface area contributed by atoms with E-state index in [-0.39, 0.29) is 23.4 Å². The highest BCUT2D eigenvalue weighted by molar-refractivity contribution is 5.77. The van der Waals surface area contributed by atoms with Gasteiger partial charge in [-0.15, -0.1) is 0 Å². The molecule has 0 bridgehead atoms. The Labute approximate surface area is 130 Å². The molecule has 0 aromatic heterocycles. The van der Waals surface area contributed by atoms with Gasteiger partial charge in [-0.25, -0.2) is 4.79 Å². The molecule has 1 spiro atoms. The predicted molar refractivity (Wildman–Crippen MR) is 80.0 cm³/mol. The van der Waals surface area contributed by atoms with Gasteiger partial charge in [0.1, 0.15) is 6.61 Å². The highest BCUT2D eigenvalue weighted by atomic mass is 16.6. The van der Waals surface area contributed by atoms with Gasteiger partial charge in [0, 0.05) is 13.1 Å². The van der Waals surface area contributed by atoms with Crippen LogP contribution in [0, 0.1) is 11.3 Å². The molecule has 0 radical (unpaired) electrons. The smallest absolute Gasteiger partial charge is 0.410 e. The molecule has 1 saturated carbocycles. The zero-order chi connectivity index (χ0) is 15.6. The fourth-order valence-electron chi connectivity index (χ4n) is 3.32. The van der Waals surface area contributed by atoms with Crippen molar-refractivity contribution >= 4 is 12.1 Å². The van der Waals surface area contributed by atoms with Crippen LogP contribution in [0.5, 0.6) is 0 Å². The standard InChI is InChI=1S/C17H21NO4/c1-21-15(19)14-11-17(14)7-9-18(10-8-17)16(20)22-12-13-5-3-2-4-6-13/h2-6,14H,7-12H2,1H3. The Morgan fingerprint density at radius 3 is 2.55 bits per heavy atom. The van der Waals surface area contributed by atoms with Gasteiger partial charge in [-0.2, -0.15) is 0 Å². The van der Waals surface area contributed by atoms with Crippen LogP contribution in [0.2, 0.25) is 0 Å². The Bertz CT molecular complexity index is 549. The van der Waals surface area contributed by atoms with Crippen LogP contribution in [0.4, 0.5) is 4.79 Å². The lowest BCUT2D eigenvalue weighted by atomic mass is 9.91. The van der Waals surface area contributed by atoms with Gasteiger partial charge in [-0.1, -0.05) is 30.3 Å². The fraction of sp³-hybridized carbons (Fsp3) is 0.529. The molecule has 0 N–H and O–H groups in total. The van der Waals surface area contributed by atoms with Gasteiger partial charge >= 0.3 is 12.1 Å². The number of amides is 1. The third-order valence-corrected chi connectivity index (χ3v) is 4.90. The van der Waals surface area contributed by atoms with Gasteiger partial charge in [-0.05, 0) is 30.2 Å². The maximum atomic E-state index is 12.1. The fourth-order valence-corrected chi connectivity index (χ4v) is 3.32. The van der Waals surface area contributed by atoms with Gasteiger partial charge < -0.3 is 14.4 Å². The van der Waals surface area contributed by atoms with Crippen molar-refractivity contribution in [2.45, 2.75) is 25.9 Å². The SMILES string of the molecule is COC(=O)C1CC12CCN(C(=O)OCc1ccccc1)CC2. The first-order valence-electron chi connectivity index (χ1n) is 7.68. The van der Waals surface area contributed by atoms with E-state index in [0.29, 0.717) is 19.7 Å². The van der Waals surface area contributed by atoms with Crippen molar-refractivity contribution < 1.29 is 19.1 Å². The highest BCUT2D eigenvalue weighted by Crippen LogP contribution is 2.59. The third-order valence-electron chi connectivity index (χ3n) is 4.90. The van der Waals surface area contributed by atoms with Crippen LogP contribution in [0.3, 0.4) is 0 Å². The van der Waals surface area contributed by atoms with Crippen molar-refractivity contribution in [1.82, 2.24) is 4.90 Å². The number of hydrogen-bond acceptors (Lipinski definition) is 4. The minimum atomic E-state index is -0.269. The second kappa shape index (κ2) is 5.99. The summed E-state index contributed by atoms with van der Waals surface area (Å²) in [6.45, 7) is 1.61. The Balaban J connectivity index is 1.46. The third kappa shape index (κ3) is 2.93. The molecule has 2 aliphatic rings. The summed E-state index contributed by atoms with van der Waals surface area (Å²) in [4.78, 5) is 25.4. The number of carbonyl (C=O) groups excluding carboxylic acids is 2. The topological polar surface area (TPSA) is 55.8 Å². The molecule has 1 aliphatic carbocycles. The molecule has 1 amide bonds. The second-order valence-electron chi connectivity index (χ2n) is 6.17. The summed E-state index contributed by atoms with van der Waals surface area (Å²) >= 11 is 0. The van der Waals surface area contributed by atoms with E-state index in [1.54, 1.807) is 4.90 Å². The first-order chi connectivity index (χ1) is 10.6. The quantitative estimate of drug-likeness (QED) is 0.805. The van der Waals surface area contributed by atoms with Crippen molar-refractivity contribution in [2.75, 3.05) is 20.2 Å². The van der Waals surface area contributed by atoms with Gasteiger partial charge in [-0.3, -0.25) is 4.79 Å². The summed E-state index contributed by atoms with van der Waals surface area (Å²) < 4.78 is 10.2. The molecule has 1 atom stereocenters. The first kappa shape index (κ1) is 14.9. The lowest BCUT2D eigenvalue weighted by Crippen LogP contribution is -2.40. The van der Waals surface area contributed by atoms with Crippen LogP contribution < -0.4 is 0 Å². The summed E-state index contributed by atoms with van der Waals surface area (Å²) in [6, 6.07) is 9.65.